The number of aliphatic hydroxyl groups is 1. The number of piperidine rings is 1. The predicted molar refractivity (Wildman–Crippen MR) is 115 cm³/mol. The van der Waals surface area contributed by atoms with Gasteiger partial charge in [0.15, 0.2) is 6.61 Å². The summed E-state index contributed by atoms with van der Waals surface area (Å²) in [5, 5.41) is 9.07. The van der Waals surface area contributed by atoms with Gasteiger partial charge in [0.2, 0.25) is 10.0 Å². The summed E-state index contributed by atoms with van der Waals surface area (Å²) in [7, 11) is -3.63. The van der Waals surface area contributed by atoms with Gasteiger partial charge in [0.05, 0.1) is 31.1 Å². The van der Waals surface area contributed by atoms with E-state index in [4.69, 9.17) is 14.6 Å². The van der Waals surface area contributed by atoms with E-state index in [9.17, 15) is 13.2 Å². The number of ether oxygens (including phenoxy) is 2. The highest BCUT2D eigenvalue weighted by Crippen LogP contribution is 2.38. The van der Waals surface area contributed by atoms with Gasteiger partial charge in [-0.15, -0.1) is 0 Å². The van der Waals surface area contributed by atoms with Crippen LogP contribution in [0.2, 0.25) is 0 Å². The summed E-state index contributed by atoms with van der Waals surface area (Å²) in [6, 6.07) is 7.10. The number of fused-ring (bicyclic) bond motifs is 5. The molecule has 2 fully saturated rings. The van der Waals surface area contributed by atoms with Crippen molar-refractivity contribution in [2.45, 2.75) is 62.6 Å². The maximum absolute atomic E-state index is 13.1. The molecule has 0 radical (unpaired) electrons. The van der Waals surface area contributed by atoms with Gasteiger partial charge >= 0.3 is 0 Å². The van der Waals surface area contributed by atoms with Crippen molar-refractivity contribution in [2.24, 2.45) is 0 Å². The highest BCUT2D eigenvalue weighted by molar-refractivity contribution is 7.89. The van der Waals surface area contributed by atoms with Gasteiger partial charge in [-0.05, 0) is 56.1 Å². The van der Waals surface area contributed by atoms with Crippen molar-refractivity contribution < 1.29 is 27.8 Å². The van der Waals surface area contributed by atoms with Crippen molar-refractivity contribution in [3.63, 3.8) is 0 Å². The molecule has 1 saturated carbocycles. The molecule has 2 bridgehead atoms. The molecule has 2 atom stereocenters. The van der Waals surface area contributed by atoms with Gasteiger partial charge in [-0.2, -0.15) is 0 Å². The Labute approximate surface area is 184 Å². The Morgan fingerprint density at radius 1 is 1.13 bits per heavy atom. The summed E-state index contributed by atoms with van der Waals surface area (Å²) < 4.78 is 39.5. The second-order valence-electron chi connectivity index (χ2n) is 8.70. The number of aliphatic hydroxyl groups excluding tert-OH is 1. The number of nitrogens with zero attached hydrogens (tertiary/aromatic N) is 1. The number of nitrogens with one attached hydrogen (secondary N) is 1. The smallest absolute Gasteiger partial charge is 0.260 e. The monoisotopic (exact) mass is 452 g/mol. The zero-order valence-corrected chi connectivity index (χ0v) is 18.6. The van der Waals surface area contributed by atoms with Gasteiger partial charge < -0.3 is 19.5 Å². The fourth-order valence-corrected chi connectivity index (χ4v) is 6.16. The van der Waals surface area contributed by atoms with Crippen molar-refractivity contribution >= 4 is 15.9 Å². The molecule has 4 aliphatic rings. The maximum Gasteiger partial charge on any atom is 0.260 e. The Hall–Kier alpha value is -1.68. The van der Waals surface area contributed by atoms with Gasteiger partial charge in [-0.1, -0.05) is 18.2 Å². The first kappa shape index (κ1) is 22.5. The Kier molecular flexibility index (Phi) is 7.15. The van der Waals surface area contributed by atoms with E-state index >= 15 is 0 Å². The lowest BCUT2D eigenvalue weighted by Gasteiger charge is -2.42. The largest absolute Gasteiger partial charge is 0.483 e. The molecule has 1 aliphatic carbocycles. The summed E-state index contributed by atoms with van der Waals surface area (Å²) in [6.07, 6.45) is 5.29. The molecule has 2 N–H and O–H groups in total. The molecule has 3 heterocycles. The normalized spacial score (nSPS) is 29.7. The standard InChI is InChI=1S/C22H32N2O6S/c25-12-13-31(27,28)23-19-5-3-11-24-20(19)14-29-17-9-7-16(8-10-17)18-4-1-2-6-21(18)30-15-22(24)26/h1-2,4,6,16-17,19-20,23,25H,3,5,7-15H2/t16?,17?,19?,20-/m0/s1. The molecule has 1 aromatic carbocycles. The number of para-hydroxylation sites is 1. The minimum absolute atomic E-state index is 0.0836. The molecule has 172 valence electrons. The van der Waals surface area contributed by atoms with E-state index in [2.05, 4.69) is 10.8 Å². The Balaban J connectivity index is 1.58. The van der Waals surface area contributed by atoms with Gasteiger partial charge in [0, 0.05) is 12.6 Å². The second kappa shape index (κ2) is 9.85. The molecular weight excluding hydrogens is 420 g/mol. The fourth-order valence-electron chi connectivity index (χ4n) is 5.07. The Morgan fingerprint density at radius 3 is 2.68 bits per heavy atom. The third-order valence-electron chi connectivity index (χ3n) is 6.68. The molecule has 1 aromatic rings. The lowest BCUT2D eigenvalue weighted by Crippen LogP contribution is -2.60. The van der Waals surface area contributed by atoms with E-state index in [1.54, 1.807) is 4.90 Å². The van der Waals surface area contributed by atoms with Crippen LogP contribution in [0.5, 0.6) is 5.75 Å². The highest BCUT2D eigenvalue weighted by Gasteiger charge is 2.38. The van der Waals surface area contributed by atoms with Crippen LogP contribution in [0.15, 0.2) is 24.3 Å². The first-order valence-corrected chi connectivity index (χ1v) is 12.9. The van der Waals surface area contributed by atoms with Crippen LogP contribution in [0.3, 0.4) is 0 Å². The number of sulfonamides is 1. The van der Waals surface area contributed by atoms with Crippen LogP contribution in [0.25, 0.3) is 0 Å². The van der Waals surface area contributed by atoms with E-state index in [1.807, 2.05) is 18.2 Å². The van der Waals surface area contributed by atoms with Gasteiger partial charge in [0.25, 0.3) is 5.91 Å². The Bertz CT molecular complexity index is 869. The predicted octanol–water partition coefficient (Wildman–Crippen LogP) is 1.39. The fraction of sp³-hybridized carbons (Fsp3) is 0.682. The molecule has 0 aromatic heterocycles. The van der Waals surface area contributed by atoms with Crippen molar-refractivity contribution in [1.82, 2.24) is 9.62 Å². The van der Waals surface area contributed by atoms with E-state index in [0.29, 0.717) is 31.9 Å². The minimum atomic E-state index is -3.63. The quantitative estimate of drug-likeness (QED) is 0.715. The van der Waals surface area contributed by atoms with Crippen molar-refractivity contribution in [3.05, 3.63) is 29.8 Å². The van der Waals surface area contributed by atoms with E-state index in [1.165, 1.54) is 0 Å². The van der Waals surface area contributed by atoms with Crippen LogP contribution in [-0.2, 0) is 19.6 Å². The number of carbonyl (C=O) groups is 1. The van der Waals surface area contributed by atoms with Crippen molar-refractivity contribution in [2.75, 3.05) is 32.1 Å². The van der Waals surface area contributed by atoms with Crippen LogP contribution in [0.4, 0.5) is 0 Å². The summed E-state index contributed by atoms with van der Waals surface area (Å²) >= 11 is 0. The molecule has 1 unspecified atom stereocenters. The molecule has 5 rings (SSSR count). The minimum Gasteiger partial charge on any atom is -0.483 e. The van der Waals surface area contributed by atoms with Crippen LogP contribution in [0.1, 0.15) is 50.0 Å². The van der Waals surface area contributed by atoms with Crippen molar-refractivity contribution in [3.8, 4) is 5.75 Å². The molecule has 9 heteroatoms. The average molecular weight is 453 g/mol. The van der Waals surface area contributed by atoms with Gasteiger partial charge in [-0.25, -0.2) is 13.1 Å². The lowest BCUT2D eigenvalue weighted by atomic mass is 9.82. The third kappa shape index (κ3) is 5.39. The highest BCUT2D eigenvalue weighted by atomic mass is 32.2. The summed E-state index contributed by atoms with van der Waals surface area (Å²) in [5.41, 5.74) is 1.15. The topological polar surface area (TPSA) is 105 Å². The number of amides is 1. The molecule has 8 nitrogen and oxygen atoms in total. The van der Waals surface area contributed by atoms with E-state index in [-0.39, 0.29) is 24.4 Å². The van der Waals surface area contributed by atoms with Crippen LogP contribution < -0.4 is 9.46 Å². The number of carbonyl (C=O) groups excluding carboxylic acids is 1. The van der Waals surface area contributed by atoms with Crippen LogP contribution in [0, 0.1) is 0 Å². The SMILES string of the molecule is O=C1COc2ccccc2C2CCC(CC2)OC[C@H]2C(NS(=O)(=O)CCO)CCCN12. The number of hydrogen-bond donors (Lipinski definition) is 2. The zero-order valence-electron chi connectivity index (χ0n) is 17.7. The Morgan fingerprint density at radius 2 is 1.90 bits per heavy atom. The van der Waals surface area contributed by atoms with Crippen LogP contribution in [-0.4, -0.2) is 74.6 Å². The molecule has 1 amide bonds. The second-order valence-corrected chi connectivity index (χ2v) is 10.6. The van der Waals surface area contributed by atoms with Crippen molar-refractivity contribution in [1.29, 1.82) is 0 Å². The van der Waals surface area contributed by atoms with Gasteiger partial charge in [0.1, 0.15) is 5.75 Å². The number of rotatable bonds is 4. The molecule has 1 saturated heterocycles. The van der Waals surface area contributed by atoms with E-state index < -0.39 is 28.7 Å². The van der Waals surface area contributed by atoms with E-state index in [0.717, 1.165) is 37.0 Å². The summed E-state index contributed by atoms with van der Waals surface area (Å²) in [4.78, 5) is 14.8. The molecule has 0 spiro atoms. The summed E-state index contributed by atoms with van der Waals surface area (Å²) in [6.45, 7) is 0.311. The first-order valence-electron chi connectivity index (χ1n) is 11.2. The summed E-state index contributed by atoms with van der Waals surface area (Å²) in [5.74, 6) is 0.636. The first-order chi connectivity index (χ1) is 15.0. The lowest BCUT2D eigenvalue weighted by molar-refractivity contribution is -0.140. The number of benzene rings is 1. The number of hydrogen-bond acceptors (Lipinski definition) is 6. The van der Waals surface area contributed by atoms with Gasteiger partial charge in [-0.3, -0.25) is 4.79 Å². The molecule has 3 aliphatic heterocycles. The molecule has 31 heavy (non-hydrogen) atoms. The molecular formula is C22H32N2O6S. The maximum atomic E-state index is 13.1. The third-order valence-corrected chi connectivity index (χ3v) is 8.06. The average Bonchev–Trinajstić information content (AvgIpc) is 2.77. The van der Waals surface area contributed by atoms with Crippen LogP contribution >= 0.6 is 0 Å². The zero-order chi connectivity index (χ0) is 21.8.